The van der Waals surface area contributed by atoms with Gasteiger partial charge in [0.05, 0.1) is 31.1 Å². The number of fused-ring (bicyclic) bond motifs is 4. The first-order chi connectivity index (χ1) is 18.9. The van der Waals surface area contributed by atoms with E-state index in [-0.39, 0.29) is 11.7 Å². The van der Waals surface area contributed by atoms with Crippen LogP contribution < -0.4 is 9.64 Å². The van der Waals surface area contributed by atoms with Crippen LogP contribution in [0.15, 0.2) is 22.7 Å². The highest BCUT2D eigenvalue weighted by molar-refractivity contribution is 9.10. The molecular weight excluding hydrogens is 563 g/mol. The standard InChI is InChI=1S/C23H28BrN3O3.C7H12FN/c1-29-22-25-20-13-23(9-2-4-15-6-7-16(24)12-19(15)23)30-14-18(20)21(26-22)27-10-3-5-17(28)8-11-27;8-6-4-7-2-1-3-9(7)5-6/h6-7,12,17,28H,2-5,8-11,13-14H2,1H3;6-7H,1-5H2. The average Bonchev–Trinajstić information content (AvgIpc) is 3.44. The van der Waals surface area contributed by atoms with Crippen molar-refractivity contribution in [3.63, 3.8) is 0 Å². The zero-order chi connectivity index (χ0) is 27.0. The molecule has 1 aliphatic carbocycles. The molecular formula is C30H40BrFN4O3. The van der Waals surface area contributed by atoms with E-state index in [1.807, 2.05) is 0 Å². The molecule has 4 unspecified atom stereocenters. The molecule has 4 aliphatic heterocycles. The second kappa shape index (κ2) is 11.6. The van der Waals surface area contributed by atoms with Crippen molar-refractivity contribution in [3.8, 4) is 6.01 Å². The number of alkyl halides is 1. The van der Waals surface area contributed by atoms with Gasteiger partial charge in [-0.2, -0.15) is 9.97 Å². The molecule has 0 saturated carbocycles. The molecule has 5 heterocycles. The van der Waals surface area contributed by atoms with Crippen LogP contribution in [0.4, 0.5) is 10.2 Å². The summed E-state index contributed by atoms with van der Waals surface area (Å²) in [4.78, 5) is 14.0. The summed E-state index contributed by atoms with van der Waals surface area (Å²) in [6.45, 7) is 4.02. The van der Waals surface area contributed by atoms with Crippen molar-refractivity contribution in [2.75, 3.05) is 38.2 Å². The van der Waals surface area contributed by atoms with E-state index in [1.165, 1.54) is 24.0 Å². The van der Waals surface area contributed by atoms with Crippen LogP contribution in [0.1, 0.15) is 73.8 Å². The number of halogens is 2. The first kappa shape index (κ1) is 27.4. The van der Waals surface area contributed by atoms with Gasteiger partial charge in [-0.3, -0.25) is 4.90 Å². The molecule has 1 N–H and O–H groups in total. The lowest BCUT2D eigenvalue weighted by molar-refractivity contribution is -0.0855. The van der Waals surface area contributed by atoms with Gasteiger partial charge in [-0.05, 0) is 87.6 Å². The Hall–Kier alpha value is -1.81. The van der Waals surface area contributed by atoms with E-state index >= 15 is 0 Å². The van der Waals surface area contributed by atoms with Crippen LogP contribution in [0.2, 0.25) is 0 Å². The van der Waals surface area contributed by atoms with Crippen molar-refractivity contribution in [1.29, 1.82) is 0 Å². The number of anilines is 1. The normalized spacial score (nSPS) is 30.2. The zero-order valence-corrected chi connectivity index (χ0v) is 24.5. The molecule has 39 heavy (non-hydrogen) atoms. The predicted octanol–water partition coefficient (Wildman–Crippen LogP) is 5.10. The van der Waals surface area contributed by atoms with Crippen LogP contribution in [0.3, 0.4) is 0 Å². The predicted molar refractivity (Wildman–Crippen MR) is 152 cm³/mol. The van der Waals surface area contributed by atoms with E-state index in [4.69, 9.17) is 19.4 Å². The molecule has 7 nitrogen and oxygen atoms in total. The van der Waals surface area contributed by atoms with Gasteiger partial charge in [0.25, 0.3) is 0 Å². The number of aryl methyl sites for hydroxylation is 1. The van der Waals surface area contributed by atoms with E-state index < -0.39 is 6.17 Å². The van der Waals surface area contributed by atoms with Crippen molar-refractivity contribution in [3.05, 3.63) is 45.1 Å². The third-order valence-electron chi connectivity index (χ3n) is 9.22. The Bertz CT molecular complexity index is 1170. The Balaban J connectivity index is 0.000000258. The Kier molecular flexibility index (Phi) is 8.13. The Morgan fingerprint density at radius 1 is 1.13 bits per heavy atom. The van der Waals surface area contributed by atoms with E-state index in [1.54, 1.807) is 7.11 Å². The smallest absolute Gasteiger partial charge is 0.318 e. The van der Waals surface area contributed by atoms with Gasteiger partial charge < -0.3 is 19.5 Å². The summed E-state index contributed by atoms with van der Waals surface area (Å²) < 4.78 is 25.8. The number of rotatable bonds is 2. The molecule has 0 bridgehead atoms. The van der Waals surface area contributed by atoms with Crippen LogP contribution in [-0.4, -0.2) is 71.6 Å². The highest BCUT2D eigenvalue weighted by Crippen LogP contribution is 2.46. The van der Waals surface area contributed by atoms with Crippen molar-refractivity contribution in [2.45, 2.75) is 94.7 Å². The van der Waals surface area contributed by atoms with E-state index in [2.05, 4.69) is 43.9 Å². The van der Waals surface area contributed by atoms with Gasteiger partial charge >= 0.3 is 6.01 Å². The number of aromatic nitrogens is 2. The van der Waals surface area contributed by atoms with E-state index in [0.717, 1.165) is 92.5 Å². The third kappa shape index (κ3) is 5.69. The monoisotopic (exact) mass is 602 g/mol. The van der Waals surface area contributed by atoms with Crippen molar-refractivity contribution < 1.29 is 19.0 Å². The molecule has 7 rings (SSSR count). The first-order valence-corrected chi connectivity index (χ1v) is 15.4. The Morgan fingerprint density at radius 2 is 2.00 bits per heavy atom. The molecule has 3 fully saturated rings. The quantitative estimate of drug-likeness (QED) is 0.513. The minimum atomic E-state index is -0.518. The number of aliphatic hydroxyl groups excluding tert-OH is 1. The highest BCUT2D eigenvalue weighted by atomic mass is 79.9. The number of hydrogen-bond donors (Lipinski definition) is 1. The second-order valence-corrected chi connectivity index (χ2v) is 12.7. The van der Waals surface area contributed by atoms with Gasteiger partial charge in [-0.1, -0.05) is 22.0 Å². The molecule has 1 spiro atoms. The summed E-state index contributed by atoms with van der Waals surface area (Å²) in [6, 6.07) is 7.57. The Morgan fingerprint density at radius 3 is 2.85 bits per heavy atom. The summed E-state index contributed by atoms with van der Waals surface area (Å²) >= 11 is 3.64. The number of benzene rings is 1. The molecule has 0 radical (unpaired) electrons. The van der Waals surface area contributed by atoms with Crippen molar-refractivity contribution in [1.82, 2.24) is 14.9 Å². The molecule has 1 aromatic carbocycles. The van der Waals surface area contributed by atoms with Gasteiger partial charge in [0, 0.05) is 42.1 Å². The summed E-state index contributed by atoms with van der Waals surface area (Å²) in [6.07, 6.45) is 9.06. The Labute approximate surface area is 239 Å². The summed E-state index contributed by atoms with van der Waals surface area (Å²) in [7, 11) is 1.62. The fraction of sp³-hybridized carbons (Fsp3) is 0.667. The maximum absolute atomic E-state index is 12.6. The van der Waals surface area contributed by atoms with Crippen LogP contribution in [0, 0.1) is 0 Å². The lowest BCUT2D eigenvalue weighted by atomic mass is 9.75. The van der Waals surface area contributed by atoms with Gasteiger partial charge in [0.1, 0.15) is 12.0 Å². The SMILES string of the molecule is COc1nc2c(c(N3CCCC(O)CC3)n1)COC1(CCCc3ccc(Br)cc31)C2.FC1CC2CCCN2C1. The molecule has 5 aliphatic rings. The number of nitrogens with zero attached hydrogens (tertiary/aromatic N) is 4. The highest BCUT2D eigenvalue weighted by Gasteiger charge is 2.43. The fourth-order valence-corrected chi connectivity index (χ4v) is 7.58. The largest absolute Gasteiger partial charge is 0.467 e. The van der Waals surface area contributed by atoms with Crippen LogP contribution in [0.25, 0.3) is 0 Å². The number of aliphatic hydroxyl groups is 1. The van der Waals surface area contributed by atoms with Crippen molar-refractivity contribution in [2.24, 2.45) is 0 Å². The van der Waals surface area contributed by atoms with Gasteiger partial charge in [-0.25, -0.2) is 4.39 Å². The number of hydrogen-bond acceptors (Lipinski definition) is 7. The van der Waals surface area contributed by atoms with Gasteiger partial charge in [0.2, 0.25) is 0 Å². The summed E-state index contributed by atoms with van der Waals surface area (Å²) in [5, 5.41) is 10.1. The number of ether oxygens (including phenoxy) is 2. The minimum absolute atomic E-state index is 0.230. The molecule has 1 aromatic heterocycles. The molecule has 0 amide bonds. The number of methoxy groups -OCH3 is 1. The summed E-state index contributed by atoms with van der Waals surface area (Å²) in [5.74, 6) is 0.908. The average molecular weight is 604 g/mol. The van der Waals surface area contributed by atoms with Crippen LogP contribution in [0.5, 0.6) is 6.01 Å². The molecule has 212 valence electrons. The maximum atomic E-state index is 12.6. The first-order valence-electron chi connectivity index (χ1n) is 14.6. The zero-order valence-electron chi connectivity index (χ0n) is 22.9. The molecule has 9 heteroatoms. The second-order valence-electron chi connectivity index (χ2n) is 11.8. The van der Waals surface area contributed by atoms with E-state index in [0.29, 0.717) is 25.2 Å². The minimum Gasteiger partial charge on any atom is -0.467 e. The molecule has 4 atom stereocenters. The summed E-state index contributed by atoms with van der Waals surface area (Å²) in [5.41, 5.74) is 4.41. The fourth-order valence-electron chi connectivity index (χ4n) is 7.21. The topological polar surface area (TPSA) is 71.0 Å². The van der Waals surface area contributed by atoms with Gasteiger partial charge in [0.15, 0.2) is 0 Å². The van der Waals surface area contributed by atoms with Crippen molar-refractivity contribution >= 4 is 21.7 Å². The van der Waals surface area contributed by atoms with Crippen LogP contribution >= 0.6 is 15.9 Å². The lowest BCUT2D eigenvalue weighted by Crippen LogP contribution is -2.40. The maximum Gasteiger partial charge on any atom is 0.318 e. The lowest BCUT2D eigenvalue weighted by Gasteiger charge is -2.43. The molecule has 3 saturated heterocycles. The van der Waals surface area contributed by atoms with E-state index in [9.17, 15) is 9.50 Å². The molecule has 2 aromatic rings. The third-order valence-corrected chi connectivity index (χ3v) is 9.72. The van der Waals surface area contributed by atoms with Gasteiger partial charge in [-0.15, -0.1) is 0 Å². The van der Waals surface area contributed by atoms with Crippen LogP contribution in [-0.2, 0) is 29.8 Å².